The summed E-state index contributed by atoms with van der Waals surface area (Å²) in [6, 6.07) is 3.83. The van der Waals surface area contributed by atoms with E-state index in [9.17, 15) is 17.3 Å². The van der Waals surface area contributed by atoms with Gasteiger partial charge in [0.1, 0.15) is 0 Å². The molecule has 68 valence electrons. The molecule has 0 amide bonds. The second-order valence-corrected chi connectivity index (χ2v) is 1.87. The molecule has 1 aromatic heterocycles. The molecule has 0 aliphatic heterocycles. The number of nitrogens with zero attached hydrogens (tertiary/aromatic N) is 2. The highest BCUT2D eigenvalue weighted by Gasteiger charge is 2.20. The molecular weight excluding hydrogens is 175 g/mol. The maximum Gasteiger partial charge on any atom is 0.673 e. The van der Waals surface area contributed by atoms with Crippen LogP contribution in [0.3, 0.4) is 0 Å². The smallest absolute Gasteiger partial charge is 0.418 e. The van der Waals surface area contributed by atoms with Crippen molar-refractivity contribution in [3.63, 3.8) is 0 Å². The summed E-state index contributed by atoms with van der Waals surface area (Å²) in [5.74, 6) is 0. The van der Waals surface area contributed by atoms with Crippen LogP contribution in [0, 0.1) is 0 Å². The number of aromatic nitrogens is 2. The van der Waals surface area contributed by atoms with E-state index < -0.39 is 7.25 Å². The zero-order valence-electron chi connectivity index (χ0n) is 6.29. The quantitative estimate of drug-likeness (QED) is 0.334. The van der Waals surface area contributed by atoms with Crippen molar-refractivity contribution in [2.45, 2.75) is 0 Å². The highest BCUT2D eigenvalue weighted by molar-refractivity contribution is 6.50. The Morgan fingerprint density at radius 1 is 1.17 bits per heavy atom. The molecule has 1 aromatic rings. The van der Waals surface area contributed by atoms with Crippen molar-refractivity contribution in [3.8, 4) is 0 Å². The molecule has 0 spiro atoms. The number of halogens is 4. The van der Waals surface area contributed by atoms with Crippen LogP contribution in [0.2, 0.25) is 0 Å². The highest BCUT2D eigenvalue weighted by atomic mass is 19.5. The molecule has 0 unspecified atom stereocenters. The number of aryl methyl sites for hydroxylation is 1. The Balaban J connectivity index is 0.000000217. The standard InChI is InChI=1S/C5H7N2.BF4/c1-7-5-3-2-4-6-7;2-1(3,4)5/h2-5H,1H3;/q+1;-1. The predicted octanol–water partition coefficient (Wildman–Crippen LogP) is 1.21. The second kappa shape index (κ2) is 4.68. The van der Waals surface area contributed by atoms with E-state index in [2.05, 4.69) is 5.10 Å². The Morgan fingerprint density at radius 3 is 1.83 bits per heavy atom. The minimum Gasteiger partial charge on any atom is -0.418 e. The van der Waals surface area contributed by atoms with Crippen molar-refractivity contribution in [3.05, 3.63) is 24.5 Å². The summed E-state index contributed by atoms with van der Waals surface area (Å²) in [7, 11) is -4.11. The van der Waals surface area contributed by atoms with Gasteiger partial charge in [-0.05, 0) is 11.2 Å². The second-order valence-electron chi connectivity index (χ2n) is 1.87. The van der Waals surface area contributed by atoms with Crippen molar-refractivity contribution >= 4 is 7.25 Å². The molecule has 0 N–H and O–H groups in total. The Bertz CT molecular complexity index is 206. The third kappa shape index (κ3) is 11.6. The van der Waals surface area contributed by atoms with E-state index in [0.29, 0.717) is 0 Å². The Morgan fingerprint density at radius 2 is 1.67 bits per heavy atom. The lowest BCUT2D eigenvalue weighted by molar-refractivity contribution is -0.730. The zero-order valence-corrected chi connectivity index (χ0v) is 6.29. The summed E-state index contributed by atoms with van der Waals surface area (Å²) in [4.78, 5) is 0. The Kier molecular flexibility index (Phi) is 4.24. The Hall–Kier alpha value is -1.14. The van der Waals surface area contributed by atoms with E-state index >= 15 is 0 Å². The van der Waals surface area contributed by atoms with Crippen LogP contribution in [0.1, 0.15) is 0 Å². The molecular formula is C5H7BF4N2. The van der Waals surface area contributed by atoms with Crippen molar-refractivity contribution in [1.29, 1.82) is 0 Å². The first-order valence-electron chi connectivity index (χ1n) is 3.04. The minimum absolute atomic E-state index is 1.75. The summed E-state index contributed by atoms with van der Waals surface area (Å²) in [5.41, 5.74) is 0. The first-order chi connectivity index (χ1) is 5.39. The van der Waals surface area contributed by atoms with E-state index in [1.54, 1.807) is 10.9 Å². The van der Waals surface area contributed by atoms with E-state index in [0.717, 1.165) is 0 Å². The van der Waals surface area contributed by atoms with Crippen LogP contribution in [0.4, 0.5) is 17.3 Å². The Labute approximate surface area is 66.9 Å². The maximum absolute atomic E-state index is 9.75. The summed E-state index contributed by atoms with van der Waals surface area (Å²) in [6.07, 6.45) is 3.64. The highest BCUT2D eigenvalue weighted by Crippen LogP contribution is 2.06. The normalized spacial score (nSPS) is 10.1. The van der Waals surface area contributed by atoms with Crippen LogP contribution in [-0.2, 0) is 7.05 Å². The van der Waals surface area contributed by atoms with Crippen LogP contribution >= 0.6 is 0 Å². The van der Waals surface area contributed by atoms with Gasteiger partial charge in [-0.1, -0.05) is 4.68 Å². The first-order valence-corrected chi connectivity index (χ1v) is 3.04. The van der Waals surface area contributed by atoms with Gasteiger partial charge in [-0.15, -0.1) is 0 Å². The molecule has 2 nitrogen and oxygen atoms in total. The van der Waals surface area contributed by atoms with Crippen LogP contribution < -0.4 is 4.68 Å². The van der Waals surface area contributed by atoms with Gasteiger partial charge in [-0.3, -0.25) is 0 Å². The van der Waals surface area contributed by atoms with E-state index in [4.69, 9.17) is 0 Å². The summed E-state index contributed by atoms with van der Waals surface area (Å²) >= 11 is 0. The lowest BCUT2D eigenvalue weighted by Crippen LogP contribution is -2.30. The topological polar surface area (TPSA) is 16.8 Å². The van der Waals surface area contributed by atoms with Gasteiger partial charge >= 0.3 is 7.25 Å². The maximum atomic E-state index is 9.75. The van der Waals surface area contributed by atoms with Gasteiger partial charge in [0.15, 0.2) is 13.2 Å². The molecule has 0 aromatic carbocycles. The average molecular weight is 182 g/mol. The van der Waals surface area contributed by atoms with Gasteiger partial charge in [0.25, 0.3) is 0 Å². The van der Waals surface area contributed by atoms with Crippen molar-refractivity contribution in [2.24, 2.45) is 7.05 Å². The lowest BCUT2D eigenvalue weighted by Gasteiger charge is -1.94. The summed E-state index contributed by atoms with van der Waals surface area (Å²) in [6.45, 7) is 0. The van der Waals surface area contributed by atoms with Crippen LogP contribution in [0.15, 0.2) is 24.5 Å². The molecule has 0 bridgehead atoms. The average Bonchev–Trinajstić information content (AvgIpc) is 1.85. The largest absolute Gasteiger partial charge is 0.673 e. The van der Waals surface area contributed by atoms with Gasteiger partial charge in [-0.25, -0.2) is 0 Å². The lowest BCUT2D eigenvalue weighted by atomic mass is 10.3. The molecule has 0 radical (unpaired) electrons. The third-order valence-electron chi connectivity index (χ3n) is 0.748. The van der Waals surface area contributed by atoms with Gasteiger partial charge in [0.2, 0.25) is 0 Å². The fourth-order valence-electron chi connectivity index (χ4n) is 0.406. The molecule has 0 saturated carbocycles. The number of hydrogen-bond donors (Lipinski definition) is 0. The minimum atomic E-state index is -6.00. The molecule has 0 atom stereocenters. The van der Waals surface area contributed by atoms with Crippen molar-refractivity contribution in [2.75, 3.05) is 0 Å². The summed E-state index contributed by atoms with van der Waals surface area (Å²) < 4.78 is 40.8. The first kappa shape index (κ1) is 10.9. The number of hydrogen-bond acceptors (Lipinski definition) is 1. The van der Waals surface area contributed by atoms with E-state index in [1.807, 2.05) is 25.4 Å². The van der Waals surface area contributed by atoms with Gasteiger partial charge in [0.05, 0.1) is 6.20 Å². The molecule has 12 heavy (non-hydrogen) atoms. The SMILES string of the molecule is C[n+]1ccccn1.F[B-](F)(F)F. The fraction of sp³-hybridized carbons (Fsp3) is 0.200. The van der Waals surface area contributed by atoms with Crippen LogP contribution in [0.5, 0.6) is 0 Å². The fourth-order valence-corrected chi connectivity index (χ4v) is 0.406. The molecule has 7 heteroatoms. The molecule has 1 heterocycles. The van der Waals surface area contributed by atoms with Crippen molar-refractivity contribution in [1.82, 2.24) is 5.10 Å². The van der Waals surface area contributed by atoms with Gasteiger partial charge in [0, 0.05) is 6.07 Å². The molecule has 0 aliphatic carbocycles. The monoisotopic (exact) mass is 182 g/mol. The van der Waals surface area contributed by atoms with Crippen molar-refractivity contribution < 1.29 is 21.9 Å². The predicted molar refractivity (Wildman–Crippen MR) is 35.6 cm³/mol. The van der Waals surface area contributed by atoms with Gasteiger partial charge < -0.3 is 17.3 Å². The van der Waals surface area contributed by atoms with Gasteiger partial charge in [-0.2, -0.15) is 0 Å². The van der Waals surface area contributed by atoms with Crippen LogP contribution in [-0.4, -0.2) is 12.4 Å². The molecule has 0 aliphatic rings. The molecule has 0 saturated heterocycles. The zero-order chi connectivity index (χ0) is 9.61. The van der Waals surface area contributed by atoms with Crippen LogP contribution in [0.25, 0.3) is 0 Å². The summed E-state index contributed by atoms with van der Waals surface area (Å²) in [5, 5.41) is 3.90. The molecule has 0 fully saturated rings. The third-order valence-corrected chi connectivity index (χ3v) is 0.748. The van der Waals surface area contributed by atoms with E-state index in [1.165, 1.54) is 0 Å². The molecule has 1 rings (SSSR count). The number of rotatable bonds is 0. The van der Waals surface area contributed by atoms with E-state index in [-0.39, 0.29) is 0 Å².